The van der Waals surface area contributed by atoms with Gasteiger partial charge in [0.15, 0.2) is 0 Å². The summed E-state index contributed by atoms with van der Waals surface area (Å²) in [5.41, 5.74) is 7.90. The number of aromatic nitrogens is 1. The van der Waals surface area contributed by atoms with Crippen molar-refractivity contribution in [3.05, 3.63) is 52.3 Å². The summed E-state index contributed by atoms with van der Waals surface area (Å²) in [4.78, 5) is 4.11. The Balaban J connectivity index is 2.19. The number of nitrogens with two attached hydrogens (primary N) is 1. The first-order chi connectivity index (χ1) is 9.60. The second kappa shape index (κ2) is 6.72. The highest BCUT2D eigenvalue weighted by molar-refractivity contribution is 9.10. The molecule has 0 saturated heterocycles. The topological polar surface area (TPSA) is 57.4 Å². The minimum atomic E-state index is -0.100. The zero-order valence-corrected chi connectivity index (χ0v) is 13.1. The van der Waals surface area contributed by atoms with Gasteiger partial charge in [0.25, 0.3) is 0 Å². The van der Waals surface area contributed by atoms with Crippen LogP contribution in [0.4, 0.5) is 0 Å². The van der Waals surface area contributed by atoms with E-state index >= 15 is 0 Å². The number of nitrogens with zero attached hydrogens (tertiary/aromatic N) is 1. The Morgan fingerprint density at radius 3 is 2.75 bits per heavy atom. The fourth-order valence-corrected chi connectivity index (χ4v) is 2.25. The normalized spacial score (nSPS) is 12.0. The molecule has 0 spiro atoms. The molecular weight excluding hydrogens is 320 g/mol. The summed E-state index contributed by atoms with van der Waals surface area (Å²) in [6, 6.07) is 7.53. The van der Waals surface area contributed by atoms with E-state index in [1.807, 2.05) is 31.2 Å². The Morgan fingerprint density at radius 1 is 1.30 bits per heavy atom. The third kappa shape index (κ3) is 3.71. The predicted molar refractivity (Wildman–Crippen MR) is 81.9 cm³/mol. The lowest BCUT2D eigenvalue weighted by molar-refractivity contribution is 0.298. The van der Waals surface area contributed by atoms with E-state index in [0.29, 0.717) is 6.61 Å². The van der Waals surface area contributed by atoms with E-state index in [4.69, 9.17) is 15.2 Å². The summed E-state index contributed by atoms with van der Waals surface area (Å²) in [5.74, 6) is 1.48. The maximum atomic E-state index is 5.96. The van der Waals surface area contributed by atoms with Gasteiger partial charge in [-0.3, -0.25) is 4.98 Å². The molecule has 0 radical (unpaired) electrons. The van der Waals surface area contributed by atoms with Crippen molar-refractivity contribution < 1.29 is 9.47 Å². The molecule has 5 heteroatoms. The van der Waals surface area contributed by atoms with Gasteiger partial charge >= 0.3 is 0 Å². The summed E-state index contributed by atoms with van der Waals surface area (Å²) in [5, 5.41) is 0. The number of rotatable bonds is 5. The number of pyridine rings is 1. The molecule has 0 bridgehead atoms. The zero-order chi connectivity index (χ0) is 14.5. The van der Waals surface area contributed by atoms with Gasteiger partial charge in [0.2, 0.25) is 0 Å². The average molecular weight is 337 g/mol. The van der Waals surface area contributed by atoms with Crippen LogP contribution in [0, 0.1) is 0 Å². The molecule has 2 rings (SSSR count). The fraction of sp³-hybridized carbons (Fsp3) is 0.267. The number of methoxy groups -OCH3 is 1. The Hall–Kier alpha value is -1.59. The van der Waals surface area contributed by atoms with Gasteiger partial charge in [-0.2, -0.15) is 0 Å². The van der Waals surface area contributed by atoms with Crippen LogP contribution in [0.2, 0.25) is 0 Å². The molecule has 20 heavy (non-hydrogen) atoms. The zero-order valence-electron chi connectivity index (χ0n) is 11.5. The molecule has 1 aromatic heterocycles. The number of benzene rings is 1. The highest BCUT2D eigenvalue weighted by Gasteiger charge is 2.10. The second-order valence-electron chi connectivity index (χ2n) is 4.49. The first-order valence-corrected chi connectivity index (χ1v) is 7.05. The Kier molecular flexibility index (Phi) is 4.98. The van der Waals surface area contributed by atoms with Crippen molar-refractivity contribution in [2.45, 2.75) is 19.6 Å². The predicted octanol–water partition coefficient (Wildman–Crippen LogP) is 3.45. The molecule has 4 nitrogen and oxygen atoms in total. The van der Waals surface area contributed by atoms with Gasteiger partial charge in [-0.05, 0) is 35.0 Å². The van der Waals surface area contributed by atoms with Crippen LogP contribution in [0.25, 0.3) is 0 Å². The van der Waals surface area contributed by atoms with Crippen molar-refractivity contribution in [1.82, 2.24) is 4.98 Å². The fourth-order valence-electron chi connectivity index (χ4n) is 1.84. The monoisotopic (exact) mass is 336 g/mol. The van der Waals surface area contributed by atoms with Crippen LogP contribution >= 0.6 is 15.9 Å². The van der Waals surface area contributed by atoms with Crippen LogP contribution in [0.3, 0.4) is 0 Å². The van der Waals surface area contributed by atoms with Gasteiger partial charge in [0.05, 0.1) is 7.11 Å². The minimum Gasteiger partial charge on any atom is -0.497 e. The van der Waals surface area contributed by atoms with E-state index in [2.05, 4.69) is 20.9 Å². The summed E-state index contributed by atoms with van der Waals surface area (Å²) in [6.07, 6.45) is 3.51. The molecule has 106 valence electrons. The van der Waals surface area contributed by atoms with Crippen molar-refractivity contribution in [1.29, 1.82) is 0 Å². The van der Waals surface area contributed by atoms with Crippen molar-refractivity contribution in [2.75, 3.05) is 7.11 Å². The molecule has 1 heterocycles. The summed E-state index contributed by atoms with van der Waals surface area (Å²) < 4.78 is 12.0. The van der Waals surface area contributed by atoms with Crippen molar-refractivity contribution in [3.63, 3.8) is 0 Å². The summed E-state index contributed by atoms with van der Waals surface area (Å²) in [7, 11) is 1.63. The lowest BCUT2D eigenvalue weighted by Crippen LogP contribution is -2.08. The highest BCUT2D eigenvalue weighted by Crippen LogP contribution is 2.29. The minimum absolute atomic E-state index is 0.100. The first-order valence-electron chi connectivity index (χ1n) is 6.26. The van der Waals surface area contributed by atoms with Crippen LogP contribution < -0.4 is 15.2 Å². The van der Waals surface area contributed by atoms with Gasteiger partial charge in [-0.25, -0.2) is 0 Å². The highest BCUT2D eigenvalue weighted by atomic mass is 79.9. The quantitative estimate of drug-likeness (QED) is 0.908. The molecule has 0 amide bonds. The van der Waals surface area contributed by atoms with Crippen molar-refractivity contribution in [3.8, 4) is 11.5 Å². The maximum absolute atomic E-state index is 5.96. The number of hydrogen-bond donors (Lipinski definition) is 1. The van der Waals surface area contributed by atoms with Gasteiger partial charge in [-0.15, -0.1) is 0 Å². The average Bonchev–Trinajstić information content (AvgIpc) is 2.44. The van der Waals surface area contributed by atoms with E-state index in [0.717, 1.165) is 27.1 Å². The van der Waals surface area contributed by atoms with E-state index in [9.17, 15) is 0 Å². The largest absolute Gasteiger partial charge is 0.497 e. The van der Waals surface area contributed by atoms with Crippen molar-refractivity contribution >= 4 is 15.9 Å². The molecule has 0 aliphatic carbocycles. The van der Waals surface area contributed by atoms with Crippen LogP contribution in [0.1, 0.15) is 24.1 Å². The Bertz CT molecular complexity index is 588. The van der Waals surface area contributed by atoms with Crippen LogP contribution in [-0.2, 0) is 6.61 Å². The summed E-state index contributed by atoms with van der Waals surface area (Å²) in [6.45, 7) is 2.36. The maximum Gasteiger partial charge on any atom is 0.128 e. The van der Waals surface area contributed by atoms with Crippen LogP contribution in [0.15, 0.2) is 41.1 Å². The number of hydrogen-bond acceptors (Lipinski definition) is 4. The molecule has 0 saturated carbocycles. The molecule has 1 atom stereocenters. The molecular formula is C15H17BrN2O2. The van der Waals surface area contributed by atoms with Crippen LogP contribution in [-0.4, -0.2) is 12.1 Å². The molecule has 0 aliphatic heterocycles. The molecule has 1 unspecified atom stereocenters. The summed E-state index contributed by atoms with van der Waals surface area (Å²) >= 11 is 3.39. The van der Waals surface area contributed by atoms with E-state index < -0.39 is 0 Å². The van der Waals surface area contributed by atoms with E-state index in [1.54, 1.807) is 19.5 Å². The van der Waals surface area contributed by atoms with Gasteiger partial charge in [-0.1, -0.05) is 6.07 Å². The molecule has 2 N–H and O–H groups in total. The lowest BCUT2D eigenvalue weighted by Gasteiger charge is -2.15. The standard InChI is InChI=1S/C15H17BrN2O2/c1-10(17)14-4-3-13(19-2)6-15(14)20-9-11-5-12(16)8-18-7-11/h3-8,10H,9,17H2,1-2H3. The second-order valence-corrected chi connectivity index (χ2v) is 5.41. The third-order valence-corrected chi connectivity index (χ3v) is 3.30. The lowest BCUT2D eigenvalue weighted by atomic mass is 10.1. The van der Waals surface area contributed by atoms with Gasteiger partial charge in [0.1, 0.15) is 18.1 Å². The molecule has 0 aliphatic rings. The smallest absolute Gasteiger partial charge is 0.128 e. The molecule has 0 fully saturated rings. The SMILES string of the molecule is COc1ccc(C(C)N)c(OCc2cncc(Br)c2)c1. The first kappa shape index (κ1) is 14.8. The number of halogens is 1. The molecule has 1 aromatic carbocycles. The van der Waals surface area contributed by atoms with E-state index in [-0.39, 0.29) is 6.04 Å². The van der Waals surface area contributed by atoms with Gasteiger partial charge < -0.3 is 15.2 Å². The third-order valence-electron chi connectivity index (χ3n) is 2.87. The van der Waals surface area contributed by atoms with Crippen molar-refractivity contribution in [2.24, 2.45) is 5.73 Å². The van der Waals surface area contributed by atoms with E-state index in [1.165, 1.54) is 0 Å². The Labute approximate surface area is 127 Å². The van der Waals surface area contributed by atoms with Gasteiger partial charge in [0, 0.05) is 40.1 Å². The Morgan fingerprint density at radius 2 is 2.10 bits per heavy atom. The van der Waals surface area contributed by atoms with Crippen LogP contribution in [0.5, 0.6) is 11.5 Å². The number of ether oxygens (including phenoxy) is 2. The molecule has 2 aromatic rings.